The molecule has 158 valence electrons. The predicted molar refractivity (Wildman–Crippen MR) is 124 cm³/mol. The summed E-state index contributed by atoms with van der Waals surface area (Å²) >= 11 is 1.33. The van der Waals surface area contributed by atoms with Crippen LogP contribution < -0.4 is 10.9 Å². The Balaban J connectivity index is 1.85. The van der Waals surface area contributed by atoms with Crippen molar-refractivity contribution in [1.82, 2.24) is 14.9 Å². The number of nitrogens with zero attached hydrogens (tertiary/aromatic N) is 2. The number of rotatable bonds is 8. The summed E-state index contributed by atoms with van der Waals surface area (Å²) in [5.74, 6) is -0.0555. The van der Waals surface area contributed by atoms with E-state index in [9.17, 15) is 9.59 Å². The second kappa shape index (κ2) is 9.94. The van der Waals surface area contributed by atoms with Gasteiger partial charge in [-0.2, -0.15) is 0 Å². The maximum absolute atomic E-state index is 13.0. The lowest BCUT2D eigenvalue weighted by atomic mass is 10.0. The van der Waals surface area contributed by atoms with Crippen LogP contribution in [-0.4, -0.2) is 20.7 Å². The summed E-state index contributed by atoms with van der Waals surface area (Å²) in [6.07, 6.45) is 1.85. The lowest BCUT2D eigenvalue weighted by Crippen LogP contribution is -2.35. The van der Waals surface area contributed by atoms with Gasteiger partial charge in [0.1, 0.15) is 0 Å². The lowest BCUT2D eigenvalue weighted by molar-refractivity contribution is -0.121. The van der Waals surface area contributed by atoms with E-state index >= 15 is 0 Å². The van der Waals surface area contributed by atoms with Crippen molar-refractivity contribution in [2.45, 2.75) is 63.0 Å². The van der Waals surface area contributed by atoms with Gasteiger partial charge in [0, 0.05) is 6.04 Å². The topological polar surface area (TPSA) is 64.0 Å². The molecule has 0 radical (unpaired) electrons. The van der Waals surface area contributed by atoms with Crippen molar-refractivity contribution in [3.63, 3.8) is 0 Å². The molecule has 0 spiro atoms. The van der Waals surface area contributed by atoms with Crippen molar-refractivity contribution in [3.8, 4) is 0 Å². The Labute approximate surface area is 181 Å². The fraction of sp³-hybridized carbons (Fsp3) is 0.375. The van der Waals surface area contributed by atoms with Gasteiger partial charge in [0.05, 0.1) is 22.2 Å². The van der Waals surface area contributed by atoms with Gasteiger partial charge in [0.15, 0.2) is 5.16 Å². The molecule has 1 heterocycles. The first-order valence-electron chi connectivity index (χ1n) is 10.5. The number of nitrogens with one attached hydrogen (secondary N) is 1. The molecule has 5 nitrogen and oxygen atoms in total. The Morgan fingerprint density at radius 1 is 1.07 bits per heavy atom. The summed E-state index contributed by atoms with van der Waals surface area (Å²) in [6, 6.07) is 17.3. The molecule has 30 heavy (non-hydrogen) atoms. The standard InChI is InChI=1S/C24H29N3O2S/c1-5-11-20(18-12-7-6-8-13-18)25-22(28)17(4)30-24-26-21-15-10-9-14-19(21)23(29)27(24)16(2)3/h6-10,12-17,20H,5,11H2,1-4H3,(H,25,28)/t17-,20-/m1/s1. The minimum Gasteiger partial charge on any atom is -0.348 e. The van der Waals surface area contributed by atoms with E-state index in [0.717, 1.165) is 18.4 Å². The van der Waals surface area contributed by atoms with Gasteiger partial charge in [-0.05, 0) is 44.9 Å². The normalized spacial score (nSPS) is 13.4. The molecule has 2 aromatic carbocycles. The van der Waals surface area contributed by atoms with Crippen LogP contribution in [0.25, 0.3) is 10.9 Å². The number of para-hydroxylation sites is 1. The van der Waals surface area contributed by atoms with Crippen LogP contribution in [0.2, 0.25) is 0 Å². The molecule has 0 saturated carbocycles. The molecule has 0 fully saturated rings. The van der Waals surface area contributed by atoms with Gasteiger partial charge in [-0.1, -0.05) is 67.6 Å². The van der Waals surface area contributed by atoms with Gasteiger partial charge >= 0.3 is 0 Å². The molecule has 1 aromatic heterocycles. The number of amides is 1. The number of aromatic nitrogens is 2. The van der Waals surface area contributed by atoms with Gasteiger partial charge in [-0.3, -0.25) is 14.2 Å². The number of hydrogen-bond donors (Lipinski definition) is 1. The summed E-state index contributed by atoms with van der Waals surface area (Å²) in [5, 5.41) is 3.97. The van der Waals surface area contributed by atoms with Crippen molar-refractivity contribution >= 4 is 28.6 Å². The SMILES string of the molecule is CCC[C@@H](NC(=O)[C@@H](C)Sc1nc2ccccc2c(=O)n1C(C)C)c1ccccc1. The molecule has 6 heteroatoms. The summed E-state index contributed by atoms with van der Waals surface area (Å²) in [7, 11) is 0. The quantitative estimate of drug-likeness (QED) is 0.404. The van der Waals surface area contributed by atoms with E-state index < -0.39 is 0 Å². The third-order valence-corrected chi connectivity index (χ3v) is 6.11. The van der Waals surface area contributed by atoms with E-state index in [0.29, 0.717) is 16.1 Å². The molecule has 0 aliphatic carbocycles. The van der Waals surface area contributed by atoms with E-state index in [1.807, 2.05) is 69.3 Å². The largest absolute Gasteiger partial charge is 0.348 e. The highest BCUT2D eigenvalue weighted by Gasteiger charge is 2.23. The highest BCUT2D eigenvalue weighted by atomic mass is 32.2. The Morgan fingerprint density at radius 3 is 2.40 bits per heavy atom. The van der Waals surface area contributed by atoms with Crippen LogP contribution in [0.15, 0.2) is 64.5 Å². The van der Waals surface area contributed by atoms with Crippen LogP contribution in [0.4, 0.5) is 0 Å². The van der Waals surface area contributed by atoms with Gasteiger partial charge in [0.2, 0.25) is 5.91 Å². The first-order chi connectivity index (χ1) is 14.4. The Bertz CT molecular complexity index is 1060. The summed E-state index contributed by atoms with van der Waals surface area (Å²) in [5.41, 5.74) is 1.69. The average molecular weight is 424 g/mol. The van der Waals surface area contributed by atoms with Crippen molar-refractivity contribution in [3.05, 3.63) is 70.5 Å². The van der Waals surface area contributed by atoms with Crippen LogP contribution in [0, 0.1) is 0 Å². The highest BCUT2D eigenvalue weighted by Crippen LogP contribution is 2.26. The van der Waals surface area contributed by atoms with E-state index in [2.05, 4.69) is 12.2 Å². The third-order valence-electron chi connectivity index (χ3n) is 5.04. The number of carbonyl (C=O) groups is 1. The van der Waals surface area contributed by atoms with Crippen LogP contribution in [0.5, 0.6) is 0 Å². The zero-order chi connectivity index (χ0) is 21.7. The Kier molecular flexibility index (Phi) is 7.32. The molecule has 2 atom stereocenters. The van der Waals surface area contributed by atoms with Gasteiger partial charge in [0.25, 0.3) is 5.56 Å². The molecular weight excluding hydrogens is 394 g/mol. The molecule has 1 N–H and O–H groups in total. The number of fused-ring (bicyclic) bond motifs is 1. The maximum atomic E-state index is 13.0. The summed E-state index contributed by atoms with van der Waals surface area (Å²) < 4.78 is 1.68. The molecule has 1 amide bonds. The highest BCUT2D eigenvalue weighted by molar-refractivity contribution is 8.00. The predicted octanol–water partition coefficient (Wildman–Crippen LogP) is 5.12. The lowest BCUT2D eigenvalue weighted by Gasteiger charge is -2.22. The van der Waals surface area contributed by atoms with Gasteiger partial charge < -0.3 is 5.32 Å². The minimum atomic E-state index is -0.383. The van der Waals surface area contributed by atoms with E-state index in [4.69, 9.17) is 4.98 Å². The first-order valence-corrected chi connectivity index (χ1v) is 11.3. The molecule has 3 rings (SSSR count). The van der Waals surface area contributed by atoms with Crippen LogP contribution in [0.1, 0.15) is 58.2 Å². The summed E-state index contributed by atoms with van der Waals surface area (Å²) in [6.45, 7) is 7.89. The zero-order valence-electron chi connectivity index (χ0n) is 18.0. The Hall–Kier alpha value is -2.60. The molecule has 0 bridgehead atoms. The van der Waals surface area contributed by atoms with Crippen molar-refractivity contribution in [1.29, 1.82) is 0 Å². The van der Waals surface area contributed by atoms with Gasteiger partial charge in [-0.25, -0.2) is 4.98 Å². The average Bonchev–Trinajstić information content (AvgIpc) is 2.73. The number of benzene rings is 2. The summed E-state index contributed by atoms with van der Waals surface area (Å²) in [4.78, 5) is 30.7. The van der Waals surface area contributed by atoms with E-state index in [1.165, 1.54) is 11.8 Å². The smallest absolute Gasteiger partial charge is 0.262 e. The Morgan fingerprint density at radius 2 is 1.73 bits per heavy atom. The minimum absolute atomic E-state index is 0.0244. The van der Waals surface area contributed by atoms with E-state index in [-0.39, 0.29) is 28.8 Å². The van der Waals surface area contributed by atoms with E-state index in [1.54, 1.807) is 10.6 Å². The fourth-order valence-corrected chi connectivity index (χ4v) is 4.51. The van der Waals surface area contributed by atoms with Crippen molar-refractivity contribution < 1.29 is 4.79 Å². The van der Waals surface area contributed by atoms with Crippen LogP contribution in [0.3, 0.4) is 0 Å². The zero-order valence-corrected chi connectivity index (χ0v) is 18.8. The van der Waals surface area contributed by atoms with Gasteiger partial charge in [-0.15, -0.1) is 0 Å². The number of thioether (sulfide) groups is 1. The van der Waals surface area contributed by atoms with Crippen LogP contribution >= 0.6 is 11.8 Å². The van der Waals surface area contributed by atoms with Crippen molar-refractivity contribution in [2.24, 2.45) is 0 Å². The molecule has 0 aliphatic heterocycles. The molecule has 0 unspecified atom stereocenters. The second-order valence-corrected chi connectivity index (χ2v) is 9.01. The second-order valence-electron chi connectivity index (χ2n) is 7.70. The van der Waals surface area contributed by atoms with Crippen molar-refractivity contribution in [2.75, 3.05) is 0 Å². The number of carbonyl (C=O) groups excluding carboxylic acids is 1. The molecule has 0 saturated heterocycles. The number of hydrogen-bond acceptors (Lipinski definition) is 4. The maximum Gasteiger partial charge on any atom is 0.262 e. The first kappa shape index (κ1) is 22.1. The molecule has 3 aromatic rings. The fourth-order valence-electron chi connectivity index (χ4n) is 3.46. The van der Waals surface area contributed by atoms with Crippen LogP contribution in [-0.2, 0) is 4.79 Å². The third kappa shape index (κ3) is 4.93. The monoisotopic (exact) mass is 423 g/mol. The molecular formula is C24H29N3O2S. The molecule has 0 aliphatic rings.